The number of carbonyl (C=O) groups excluding carboxylic acids is 1. The predicted molar refractivity (Wildman–Crippen MR) is 83.3 cm³/mol. The van der Waals surface area contributed by atoms with Gasteiger partial charge in [-0.1, -0.05) is 42.5 Å². The van der Waals surface area contributed by atoms with Crippen molar-refractivity contribution in [3.05, 3.63) is 42.0 Å². The highest BCUT2D eigenvalue weighted by molar-refractivity contribution is 5.80. The minimum absolute atomic E-state index is 0.174. The standard InChI is InChI=1S/C18H22O4/c1-18(2)20-12-17(22-18)16-11-14(19)10-15(21-16)9-8-13-6-4-3-5-7-13/h3-9,15-17H,10-12H2,1-2H3/b9-8+/t15-,16-,17+/m0/s1. The molecule has 0 aromatic heterocycles. The molecule has 0 radical (unpaired) electrons. The Labute approximate surface area is 131 Å². The van der Waals surface area contributed by atoms with Gasteiger partial charge in [-0.05, 0) is 19.4 Å². The molecule has 2 fully saturated rings. The normalized spacial score (nSPS) is 31.7. The maximum Gasteiger partial charge on any atom is 0.163 e. The van der Waals surface area contributed by atoms with E-state index in [0.717, 1.165) is 5.56 Å². The van der Waals surface area contributed by atoms with Crippen LogP contribution in [0.4, 0.5) is 0 Å². The van der Waals surface area contributed by atoms with Crippen LogP contribution in [0.5, 0.6) is 0 Å². The number of ether oxygens (including phenoxy) is 3. The van der Waals surface area contributed by atoms with Gasteiger partial charge < -0.3 is 14.2 Å². The SMILES string of the molecule is CC1(C)OC[C@H]([C@@H]2CC(=O)C[C@H](/C=C/c3ccccc3)O2)O1. The summed E-state index contributed by atoms with van der Waals surface area (Å²) in [5.41, 5.74) is 1.10. The number of Topliss-reactive ketones (excluding diaryl/α,β-unsaturated/α-hetero) is 1. The van der Waals surface area contributed by atoms with Crippen molar-refractivity contribution >= 4 is 11.9 Å². The predicted octanol–water partition coefficient (Wildman–Crippen LogP) is 2.97. The monoisotopic (exact) mass is 302 g/mol. The molecule has 22 heavy (non-hydrogen) atoms. The van der Waals surface area contributed by atoms with Crippen molar-refractivity contribution in [1.29, 1.82) is 0 Å². The molecular weight excluding hydrogens is 280 g/mol. The van der Waals surface area contributed by atoms with Crippen molar-refractivity contribution in [3.63, 3.8) is 0 Å². The maximum atomic E-state index is 12.0. The van der Waals surface area contributed by atoms with Crippen LogP contribution in [0.2, 0.25) is 0 Å². The lowest BCUT2D eigenvalue weighted by Gasteiger charge is -2.31. The van der Waals surface area contributed by atoms with E-state index < -0.39 is 5.79 Å². The van der Waals surface area contributed by atoms with E-state index in [1.165, 1.54) is 0 Å². The fraction of sp³-hybridized carbons (Fsp3) is 0.500. The molecule has 0 N–H and O–H groups in total. The highest BCUT2D eigenvalue weighted by atomic mass is 16.7. The quantitative estimate of drug-likeness (QED) is 0.861. The Morgan fingerprint density at radius 3 is 2.59 bits per heavy atom. The van der Waals surface area contributed by atoms with E-state index in [1.807, 2.05) is 56.3 Å². The zero-order valence-corrected chi connectivity index (χ0v) is 13.0. The van der Waals surface area contributed by atoms with Gasteiger partial charge in [-0.15, -0.1) is 0 Å². The molecule has 0 bridgehead atoms. The summed E-state index contributed by atoms with van der Waals surface area (Å²) < 4.78 is 17.4. The Kier molecular flexibility index (Phi) is 4.43. The van der Waals surface area contributed by atoms with Crippen LogP contribution >= 0.6 is 0 Å². The van der Waals surface area contributed by atoms with Crippen molar-refractivity contribution in [2.75, 3.05) is 6.61 Å². The topological polar surface area (TPSA) is 44.8 Å². The molecule has 0 unspecified atom stereocenters. The first-order valence-corrected chi connectivity index (χ1v) is 7.74. The maximum absolute atomic E-state index is 12.0. The average Bonchev–Trinajstić information content (AvgIpc) is 2.86. The number of carbonyl (C=O) groups is 1. The summed E-state index contributed by atoms with van der Waals surface area (Å²) in [7, 11) is 0. The first kappa shape index (κ1) is 15.4. The van der Waals surface area contributed by atoms with Crippen LogP contribution in [0.1, 0.15) is 32.3 Å². The summed E-state index contributed by atoms with van der Waals surface area (Å²) in [5.74, 6) is -0.378. The number of hydrogen-bond donors (Lipinski definition) is 0. The van der Waals surface area contributed by atoms with Crippen molar-refractivity contribution in [2.45, 2.75) is 50.8 Å². The molecule has 4 heteroatoms. The highest BCUT2D eigenvalue weighted by Crippen LogP contribution is 2.30. The molecule has 1 aromatic rings. The Morgan fingerprint density at radius 1 is 1.14 bits per heavy atom. The minimum Gasteiger partial charge on any atom is -0.367 e. The smallest absolute Gasteiger partial charge is 0.163 e. The zero-order chi connectivity index (χ0) is 15.6. The van der Waals surface area contributed by atoms with Gasteiger partial charge >= 0.3 is 0 Å². The molecule has 4 nitrogen and oxygen atoms in total. The Bertz CT molecular complexity index is 549. The molecule has 0 aliphatic carbocycles. The van der Waals surface area contributed by atoms with Crippen LogP contribution in [0.3, 0.4) is 0 Å². The van der Waals surface area contributed by atoms with Gasteiger partial charge in [0.25, 0.3) is 0 Å². The molecule has 118 valence electrons. The number of benzene rings is 1. The summed E-state index contributed by atoms with van der Waals surface area (Å²) in [6.45, 7) is 4.23. The summed E-state index contributed by atoms with van der Waals surface area (Å²) in [6, 6.07) is 10.00. The molecule has 0 amide bonds. The Morgan fingerprint density at radius 2 is 1.91 bits per heavy atom. The molecule has 2 saturated heterocycles. The molecule has 2 aliphatic heterocycles. The molecule has 0 spiro atoms. The van der Waals surface area contributed by atoms with Gasteiger partial charge in [-0.25, -0.2) is 0 Å². The third-order valence-electron chi connectivity index (χ3n) is 3.96. The number of rotatable bonds is 3. The average molecular weight is 302 g/mol. The van der Waals surface area contributed by atoms with Gasteiger partial charge in [-0.3, -0.25) is 4.79 Å². The molecule has 2 heterocycles. The lowest BCUT2D eigenvalue weighted by atomic mass is 9.98. The summed E-state index contributed by atoms with van der Waals surface area (Å²) >= 11 is 0. The van der Waals surface area contributed by atoms with Gasteiger partial charge in [0.1, 0.15) is 11.9 Å². The van der Waals surface area contributed by atoms with Crippen LogP contribution in [-0.4, -0.2) is 36.5 Å². The second-order valence-corrected chi connectivity index (χ2v) is 6.30. The lowest BCUT2D eigenvalue weighted by Crippen LogP contribution is -2.41. The zero-order valence-electron chi connectivity index (χ0n) is 13.0. The Balaban J connectivity index is 1.64. The first-order chi connectivity index (χ1) is 10.5. The van der Waals surface area contributed by atoms with E-state index in [0.29, 0.717) is 19.4 Å². The highest BCUT2D eigenvalue weighted by Gasteiger charge is 2.41. The van der Waals surface area contributed by atoms with Crippen molar-refractivity contribution in [2.24, 2.45) is 0 Å². The van der Waals surface area contributed by atoms with Gasteiger partial charge in [0, 0.05) is 12.8 Å². The fourth-order valence-electron chi connectivity index (χ4n) is 2.87. The van der Waals surface area contributed by atoms with Crippen molar-refractivity contribution in [3.8, 4) is 0 Å². The van der Waals surface area contributed by atoms with Crippen LogP contribution in [0, 0.1) is 0 Å². The second kappa shape index (κ2) is 6.32. The van der Waals surface area contributed by atoms with E-state index in [-0.39, 0.29) is 24.1 Å². The van der Waals surface area contributed by atoms with E-state index in [1.54, 1.807) is 0 Å². The van der Waals surface area contributed by atoms with Gasteiger partial charge in [0.05, 0.1) is 18.8 Å². The fourth-order valence-corrected chi connectivity index (χ4v) is 2.87. The van der Waals surface area contributed by atoms with E-state index in [2.05, 4.69) is 0 Å². The second-order valence-electron chi connectivity index (χ2n) is 6.30. The van der Waals surface area contributed by atoms with Gasteiger partial charge in [0.2, 0.25) is 0 Å². The molecule has 3 rings (SSSR count). The van der Waals surface area contributed by atoms with Crippen molar-refractivity contribution < 1.29 is 19.0 Å². The summed E-state index contributed by atoms with van der Waals surface area (Å²) in [4.78, 5) is 12.0. The van der Waals surface area contributed by atoms with Gasteiger partial charge in [-0.2, -0.15) is 0 Å². The lowest BCUT2D eigenvalue weighted by molar-refractivity contribution is -0.169. The van der Waals surface area contributed by atoms with Crippen LogP contribution in [0.25, 0.3) is 6.08 Å². The Hall–Kier alpha value is -1.49. The van der Waals surface area contributed by atoms with E-state index >= 15 is 0 Å². The van der Waals surface area contributed by atoms with E-state index in [4.69, 9.17) is 14.2 Å². The molecule has 1 aromatic carbocycles. The first-order valence-electron chi connectivity index (χ1n) is 7.74. The number of ketones is 1. The van der Waals surface area contributed by atoms with Gasteiger partial charge in [0.15, 0.2) is 5.79 Å². The largest absolute Gasteiger partial charge is 0.367 e. The van der Waals surface area contributed by atoms with E-state index in [9.17, 15) is 4.79 Å². The third-order valence-corrected chi connectivity index (χ3v) is 3.96. The molecular formula is C18H22O4. The summed E-state index contributed by atoms with van der Waals surface area (Å²) in [5, 5.41) is 0. The van der Waals surface area contributed by atoms with Crippen LogP contribution in [0.15, 0.2) is 36.4 Å². The third kappa shape index (κ3) is 3.83. The number of hydrogen-bond acceptors (Lipinski definition) is 4. The van der Waals surface area contributed by atoms with Crippen LogP contribution < -0.4 is 0 Å². The molecule has 0 saturated carbocycles. The minimum atomic E-state index is -0.593. The van der Waals surface area contributed by atoms with Crippen LogP contribution in [-0.2, 0) is 19.0 Å². The molecule has 2 aliphatic rings. The molecule has 3 atom stereocenters. The summed E-state index contributed by atoms with van der Waals surface area (Å²) in [6.07, 6.45) is 4.19. The van der Waals surface area contributed by atoms with Crippen molar-refractivity contribution in [1.82, 2.24) is 0 Å².